The van der Waals surface area contributed by atoms with E-state index in [-0.39, 0.29) is 5.91 Å². The molecular weight excluding hydrogens is 449 g/mol. The number of amides is 1. The van der Waals surface area contributed by atoms with E-state index in [1.807, 2.05) is 43.3 Å². The zero-order valence-electron chi connectivity index (χ0n) is 15.5. The molecule has 0 atom stereocenters. The Kier molecular flexibility index (Phi) is 7.73. The van der Waals surface area contributed by atoms with Crippen LogP contribution in [0.5, 0.6) is 5.75 Å². The third-order valence-electron chi connectivity index (χ3n) is 4.01. The van der Waals surface area contributed by atoms with Gasteiger partial charge >= 0.3 is 0 Å². The maximum Gasteiger partial charge on any atom is 0.255 e. The minimum atomic E-state index is -0.269. The highest BCUT2D eigenvalue weighted by Crippen LogP contribution is 2.31. The molecule has 7 heteroatoms. The van der Waals surface area contributed by atoms with Crippen LogP contribution in [0.25, 0.3) is 0 Å². The van der Waals surface area contributed by atoms with Crippen molar-refractivity contribution in [2.75, 3.05) is 11.9 Å². The number of halogens is 3. The standard InChI is InChI=1S/C22H18Cl3NO2S/c1-2-28-21-10-3-14(22(27)26-20-12-17(24)6-9-19(20)25)11-15(21)13-29-18-7-4-16(23)5-8-18/h3-12H,2,13H2,1H3,(H,26,27). The summed E-state index contributed by atoms with van der Waals surface area (Å²) < 4.78 is 5.73. The Hall–Kier alpha value is -1.85. The van der Waals surface area contributed by atoms with Crippen molar-refractivity contribution in [1.82, 2.24) is 0 Å². The third kappa shape index (κ3) is 6.06. The fraction of sp³-hybridized carbons (Fsp3) is 0.136. The Bertz CT molecular complexity index is 1010. The zero-order valence-corrected chi connectivity index (χ0v) is 18.6. The molecular formula is C22H18Cl3NO2S. The van der Waals surface area contributed by atoms with Gasteiger partial charge in [-0.1, -0.05) is 34.8 Å². The molecule has 150 valence electrons. The lowest BCUT2D eigenvalue weighted by molar-refractivity contribution is 0.102. The molecule has 3 nitrogen and oxygen atoms in total. The predicted octanol–water partition coefficient (Wildman–Crippen LogP) is 7.59. The number of anilines is 1. The van der Waals surface area contributed by atoms with Gasteiger partial charge in [0.25, 0.3) is 5.91 Å². The first-order valence-corrected chi connectivity index (χ1v) is 11.0. The SMILES string of the molecule is CCOc1ccc(C(=O)Nc2cc(Cl)ccc2Cl)cc1CSc1ccc(Cl)cc1. The van der Waals surface area contributed by atoms with Gasteiger partial charge in [0, 0.05) is 31.8 Å². The largest absolute Gasteiger partial charge is 0.494 e. The van der Waals surface area contributed by atoms with Crippen LogP contribution in [0.3, 0.4) is 0 Å². The van der Waals surface area contributed by atoms with Crippen LogP contribution in [0.15, 0.2) is 65.6 Å². The van der Waals surface area contributed by atoms with Gasteiger partial charge in [-0.05, 0) is 67.6 Å². The number of ether oxygens (including phenoxy) is 1. The number of carbonyl (C=O) groups is 1. The first-order valence-electron chi connectivity index (χ1n) is 8.86. The lowest BCUT2D eigenvalue weighted by Crippen LogP contribution is -2.13. The lowest BCUT2D eigenvalue weighted by Gasteiger charge is -2.13. The van der Waals surface area contributed by atoms with Gasteiger partial charge in [-0.2, -0.15) is 0 Å². The first-order chi connectivity index (χ1) is 14.0. The molecule has 0 saturated carbocycles. The molecule has 0 heterocycles. The molecule has 1 amide bonds. The average molecular weight is 467 g/mol. The number of nitrogens with one attached hydrogen (secondary N) is 1. The topological polar surface area (TPSA) is 38.3 Å². The van der Waals surface area contributed by atoms with Gasteiger partial charge in [0.15, 0.2) is 0 Å². The first kappa shape index (κ1) is 21.8. The quantitative estimate of drug-likeness (QED) is 0.364. The normalized spacial score (nSPS) is 10.6. The average Bonchev–Trinajstić information content (AvgIpc) is 2.71. The number of carbonyl (C=O) groups excluding carboxylic acids is 1. The molecule has 3 aromatic rings. The summed E-state index contributed by atoms with van der Waals surface area (Å²) in [7, 11) is 0. The Morgan fingerprint density at radius 2 is 1.69 bits per heavy atom. The molecule has 0 radical (unpaired) electrons. The minimum absolute atomic E-state index is 0.269. The van der Waals surface area contributed by atoms with Crippen LogP contribution in [-0.4, -0.2) is 12.5 Å². The summed E-state index contributed by atoms with van der Waals surface area (Å²) in [6.45, 7) is 2.47. The van der Waals surface area contributed by atoms with Gasteiger partial charge in [-0.25, -0.2) is 0 Å². The Morgan fingerprint density at radius 3 is 2.41 bits per heavy atom. The second-order valence-electron chi connectivity index (χ2n) is 6.08. The van der Waals surface area contributed by atoms with Crippen molar-refractivity contribution in [1.29, 1.82) is 0 Å². The lowest BCUT2D eigenvalue weighted by atomic mass is 10.1. The van der Waals surface area contributed by atoms with Gasteiger partial charge < -0.3 is 10.1 Å². The summed E-state index contributed by atoms with van der Waals surface area (Å²) in [6.07, 6.45) is 0. The Balaban J connectivity index is 1.80. The highest BCUT2D eigenvalue weighted by Gasteiger charge is 2.13. The third-order valence-corrected chi connectivity index (χ3v) is 5.88. The number of hydrogen-bond donors (Lipinski definition) is 1. The molecule has 3 rings (SSSR count). The number of hydrogen-bond acceptors (Lipinski definition) is 3. The fourth-order valence-corrected chi connectivity index (χ4v) is 3.95. The van der Waals surface area contributed by atoms with Gasteiger partial charge in [0.2, 0.25) is 0 Å². The minimum Gasteiger partial charge on any atom is -0.494 e. The Labute approximate surface area is 189 Å². The van der Waals surface area contributed by atoms with Crippen LogP contribution in [0.4, 0.5) is 5.69 Å². The molecule has 3 aromatic carbocycles. The van der Waals surface area contributed by atoms with Crippen LogP contribution < -0.4 is 10.1 Å². The van der Waals surface area contributed by atoms with E-state index in [1.54, 1.807) is 36.0 Å². The smallest absolute Gasteiger partial charge is 0.255 e. The van der Waals surface area contributed by atoms with Crippen LogP contribution in [0.1, 0.15) is 22.8 Å². The van der Waals surface area contributed by atoms with Crippen molar-refractivity contribution in [3.8, 4) is 5.75 Å². The van der Waals surface area contributed by atoms with Crippen LogP contribution in [-0.2, 0) is 5.75 Å². The van der Waals surface area contributed by atoms with E-state index in [2.05, 4.69) is 5.32 Å². The molecule has 1 N–H and O–H groups in total. The number of thioether (sulfide) groups is 1. The summed E-state index contributed by atoms with van der Waals surface area (Å²) in [6, 6.07) is 17.9. The van der Waals surface area contributed by atoms with Crippen molar-refractivity contribution in [3.05, 3.63) is 86.9 Å². The van der Waals surface area contributed by atoms with E-state index in [0.717, 1.165) is 16.2 Å². The zero-order chi connectivity index (χ0) is 20.8. The van der Waals surface area contributed by atoms with E-state index in [9.17, 15) is 4.79 Å². The number of rotatable bonds is 7. The highest BCUT2D eigenvalue weighted by molar-refractivity contribution is 7.98. The van der Waals surface area contributed by atoms with E-state index in [4.69, 9.17) is 39.5 Å². The summed E-state index contributed by atoms with van der Waals surface area (Å²) >= 11 is 19.7. The monoisotopic (exact) mass is 465 g/mol. The van der Waals surface area contributed by atoms with Gasteiger partial charge in [-0.3, -0.25) is 4.79 Å². The maximum absolute atomic E-state index is 12.7. The molecule has 0 unspecified atom stereocenters. The van der Waals surface area contributed by atoms with Gasteiger partial charge in [-0.15, -0.1) is 11.8 Å². The molecule has 0 spiro atoms. The second kappa shape index (κ2) is 10.3. The van der Waals surface area contributed by atoms with E-state index in [0.29, 0.717) is 38.7 Å². The summed E-state index contributed by atoms with van der Waals surface area (Å²) in [5.41, 5.74) is 1.91. The molecule has 0 aromatic heterocycles. The van der Waals surface area contributed by atoms with Gasteiger partial charge in [0.1, 0.15) is 5.75 Å². The van der Waals surface area contributed by atoms with E-state index < -0.39 is 0 Å². The van der Waals surface area contributed by atoms with E-state index >= 15 is 0 Å². The summed E-state index contributed by atoms with van der Waals surface area (Å²) in [5, 5.41) is 4.43. The van der Waals surface area contributed by atoms with Gasteiger partial charge in [0.05, 0.1) is 17.3 Å². The maximum atomic E-state index is 12.7. The van der Waals surface area contributed by atoms with Crippen molar-refractivity contribution < 1.29 is 9.53 Å². The Morgan fingerprint density at radius 1 is 0.966 bits per heavy atom. The molecule has 0 aliphatic rings. The molecule has 0 fully saturated rings. The van der Waals surface area contributed by atoms with E-state index in [1.165, 1.54) is 0 Å². The highest BCUT2D eigenvalue weighted by atomic mass is 35.5. The van der Waals surface area contributed by atoms with Crippen molar-refractivity contribution >= 4 is 58.2 Å². The van der Waals surface area contributed by atoms with Crippen LogP contribution in [0, 0.1) is 0 Å². The van der Waals surface area contributed by atoms with Crippen molar-refractivity contribution in [2.24, 2.45) is 0 Å². The molecule has 0 aliphatic heterocycles. The molecule has 0 saturated heterocycles. The molecule has 29 heavy (non-hydrogen) atoms. The van der Waals surface area contributed by atoms with Crippen LogP contribution >= 0.6 is 46.6 Å². The van der Waals surface area contributed by atoms with Crippen molar-refractivity contribution in [2.45, 2.75) is 17.6 Å². The summed E-state index contributed by atoms with van der Waals surface area (Å²) in [4.78, 5) is 13.8. The number of benzene rings is 3. The van der Waals surface area contributed by atoms with Crippen molar-refractivity contribution in [3.63, 3.8) is 0 Å². The fourth-order valence-electron chi connectivity index (χ4n) is 2.61. The van der Waals surface area contributed by atoms with Crippen LogP contribution in [0.2, 0.25) is 15.1 Å². The predicted molar refractivity (Wildman–Crippen MR) is 123 cm³/mol. The molecule has 0 aliphatic carbocycles. The molecule has 0 bridgehead atoms. The summed E-state index contributed by atoms with van der Waals surface area (Å²) in [5.74, 6) is 1.14. The second-order valence-corrected chi connectivity index (χ2v) is 8.41.